The molecule has 0 radical (unpaired) electrons. The zero-order chi connectivity index (χ0) is 10.1. The molecule has 1 N–H and O–H groups in total. The normalized spacial score (nSPS) is 17.8. The molecule has 0 bridgehead atoms. The summed E-state index contributed by atoms with van der Waals surface area (Å²) in [4.78, 5) is 22.3. The van der Waals surface area contributed by atoms with Crippen LogP contribution in [0.3, 0.4) is 0 Å². The van der Waals surface area contributed by atoms with Gasteiger partial charge in [0.05, 0.1) is 0 Å². The zero-order valence-corrected chi connectivity index (χ0v) is 8.65. The molecule has 1 heterocycles. The molecule has 0 atom stereocenters. The monoisotopic (exact) mass is 224 g/mol. The number of nitrogens with zero attached hydrogens (tertiary/aromatic N) is 1. The summed E-state index contributed by atoms with van der Waals surface area (Å²) in [5, 5.41) is 1.24. The molecular formula is C7H10Cl2N2O2. The molecule has 1 fully saturated rings. The molecule has 74 valence electrons. The molecule has 0 aromatic rings. The molecule has 13 heavy (non-hydrogen) atoms. The smallest absolute Gasteiger partial charge is 0.273 e. The van der Waals surface area contributed by atoms with Crippen LogP contribution in [-0.2, 0) is 9.59 Å². The van der Waals surface area contributed by atoms with Gasteiger partial charge in [-0.2, -0.15) is 0 Å². The van der Waals surface area contributed by atoms with Crippen molar-refractivity contribution >= 4 is 35.0 Å². The van der Waals surface area contributed by atoms with Crippen LogP contribution in [0.1, 0.15) is 19.8 Å². The Hall–Kier alpha value is -0.480. The van der Waals surface area contributed by atoms with Crippen LogP contribution in [0.15, 0.2) is 0 Å². The van der Waals surface area contributed by atoms with Gasteiger partial charge >= 0.3 is 0 Å². The van der Waals surface area contributed by atoms with E-state index < -0.39 is 10.2 Å². The van der Waals surface area contributed by atoms with Crippen LogP contribution in [0.25, 0.3) is 0 Å². The minimum absolute atomic E-state index is 0.106. The van der Waals surface area contributed by atoms with E-state index in [1.165, 1.54) is 11.9 Å². The minimum atomic E-state index is -1.50. The topological polar surface area (TPSA) is 49.4 Å². The number of halogens is 2. The van der Waals surface area contributed by atoms with Crippen LogP contribution in [0, 0.1) is 0 Å². The van der Waals surface area contributed by atoms with Crippen LogP contribution < -0.4 is 5.43 Å². The largest absolute Gasteiger partial charge is 0.274 e. The molecule has 0 spiro atoms. The van der Waals surface area contributed by atoms with Crippen molar-refractivity contribution in [2.75, 3.05) is 6.54 Å². The van der Waals surface area contributed by atoms with Crippen molar-refractivity contribution < 1.29 is 9.59 Å². The average molecular weight is 225 g/mol. The second kappa shape index (κ2) is 3.72. The fraction of sp³-hybridized carbons (Fsp3) is 0.714. The Balaban J connectivity index is 2.49. The molecule has 1 saturated heterocycles. The third-order valence-corrected chi connectivity index (χ3v) is 2.05. The highest BCUT2D eigenvalue weighted by Gasteiger charge is 2.31. The van der Waals surface area contributed by atoms with E-state index in [0.29, 0.717) is 13.0 Å². The summed E-state index contributed by atoms with van der Waals surface area (Å²) in [6.45, 7) is 1.88. The molecule has 0 saturated carbocycles. The number of rotatable bonds is 2. The number of amides is 2. The first-order valence-corrected chi connectivity index (χ1v) is 4.66. The molecule has 2 amide bonds. The van der Waals surface area contributed by atoms with Gasteiger partial charge in [-0.1, -0.05) is 23.2 Å². The molecule has 1 aliphatic heterocycles. The molecule has 4 nitrogen and oxygen atoms in total. The molecule has 1 rings (SSSR count). The summed E-state index contributed by atoms with van der Waals surface area (Å²) in [5.41, 5.74) is 2.35. The van der Waals surface area contributed by atoms with Crippen molar-refractivity contribution in [2.24, 2.45) is 0 Å². The van der Waals surface area contributed by atoms with Gasteiger partial charge in [0.15, 0.2) is 4.33 Å². The number of nitrogens with one attached hydrogen (secondary N) is 1. The lowest BCUT2D eigenvalue weighted by Gasteiger charge is -2.20. The van der Waals surface area contributed by atoms with Crippen molar-refractivity contribution in [1.82, 2.24) is 10.4 Å². The van der Waals surface area contributed by atoms with Gasteiger partial charge in [0.25, 0.3) is 5.91 Å². The predicted octanol–water partition coefficient (Wildman–Crippen LogP) is 0.834. The van der Waals surface area contributed by atoms with Gasteiger partial charge < -0.3 is 0 Å². The molecular weight excluding hydrogens is 215 g/mol. The Morgan fingerprint density at radius 1 is 1.62 bits per heavy atom. The summed E-state index contributed by atoms with van der Waals surface area (Å²) in [6.07, 6.45) is 1.21. The maximum atomic E-state index is 11.2. The fourth-order valence-electron chi connectivity index (χ4n) is 0.987. The van der Waals surface area contributed by atoms with Gasteiger partial charge in [-0.3, -0.25) is 20.0 Å². The molecule has 1 aliphatic rings. The van der Waals surface area contributed by atoms with Gasteiger partial charge in [0.1, 0.15) is 0 Å². The Labute approximate surface area is 86.1 Å². The van der Waals surface area contributed by atoms with Crippen LogP contribution in [0.2, 0.25) is 0 Å². The van der Waals surface area contributed by atoms with Gasteiger partial charge in [-0.15, -0.1) is 0 Å². The summed E-state index contributed by atoms with van der Waals surface area (Å²) >= 11 is 11.1. The second-order valence-corrected chi connectivity index (χ2v) is 4.68. The highest BCUT2D eigenvalue weighted by Crippen LogP contribution is 2.20. The van der Waals surface area contributed by atoms with Gasteiger partial charge in [0.2, 0.25) is 5.91 Å². The quantitative estimate of drug-likeness (QED) is 0.707. The standard InChI is InChI=1S/C7H10Cl2N2O2/c1-7(8,9)6(13)10-11-4-2-3-5(11)12/h2-4H2,1H3,(H,10,13). The Morgan fingerprint density at radius 3 is 2.62 bits per heavy atom. The van der Waals surface area contributed by atoms with Gasteiger partial charge in [-0.05, 0) is 13.3 Å². The first kappa shape index (κ1) is 10.6. The molecule has 0 unspecified atom stereocenters. The van der Waals surface area contributed by atoms with Crippen LogP contribution >= 0.6 is 23.2 Å². The highest BCUT2D eigenvalue weighted by molar-refractivity contribution is 6.57. The Bertz CT molecular complexity index is 237. The van der Waals surface area contributed by atoms with E-state index in [1.54, 1.807) is 0 Å². The van der Waals surface area contributed by atoms with Crippen molar-refractivity contribution in [3.05, 3.63) is 0 Å². The lowest BCUT2D eigenvalue weighted by atomic mass is 10.4. The maximum absolute atomic E-state index is 11.2. The number of hydrogen-bond acceptors (Lipinski definition) is 2. The van der Waals surface area contributed by atoms with Crippen LogP contribution in [0.5, 0.6) is 0 Å². The van der Waals surface area contributed by atoms with E-state index in [9.17, 15) is 9.59 Å². The van der Waals surface area contributed by atoms with E-state index in [2.05, 4.69) is 5.43 Å². The Morgan fingerprint density at radius 2 is 2.23 bits per heavy atom. The number of hydrogen-bond donors (Lipinski definition) is 1. The second-order valence-electron chi connectivity index (χ2n) is 2.98. The first-order chi connectivity index (χ1) is 5.91. The third kappa shape index (κ3) is 2.74. The van der Waals surface area contributed by atoms with Crippen molar-refractivity contribution in [3.63, 3.8) is 0 Å². The summed E-state index contributed by atoms with van der Waals surface area (Å²) in [7, 11) is 0. The van der Waals surface area contributed by atoms with E-state index >= 15 is 0 Å². The SMILES string of the molecule is CC(Cl)(Cl)C(=O)NN1CCCC1=O. The van der Waals surface area contributed by atoms with E-state index in [-0.39, 0.29) is 5.91 Å². The Kier molecular flexibility index (Phi) is 3.03. The van der Waals surface area contributed by atoms with Crippen molar-refractivity contribution in [1.29, 1.82) is 0 Å². The number of alkyl halides is 2. The van der Waals surface area contributed by atoms with Crippen LogP contribution in [0.4, 0.5) is 0 Å². The zero-order valence-electron chi connectivity index (χ0n) is 7.14. The number of carbonyl (C=O) groups excluding carboxylic acids is 2. The first-order valence-electron chi connectivity index (χ1n) is 3.90. The van der Waals surface area contributed by atoms with E-state index in [0.717, 1.165) is 6.42 Å². The molecule has 0 aromatic heterocycles. The van der Waals surface area contributed by atoms with Crippen LogP contribution in [-0.4, -0.2) is 27.7 Å². The summed E-state index contributed by atoms with van der Waals surface area (Å²) < 4.78 is -1.50. The number of carbonyl (C=O) groups is 2. The van der Waals surface area contributed by atoms with Gasteiger partial charge in [-0.25, -0.2) is 0 Å². The van der Waals surface area contributed by atoms with Gasteiger partial charge in [0, 0.05) is 13.0 Å². The maximum Gasteiger partial charge on any atom is 0.274 e. The van der Waals surface area contributed by atoms with Crippen molar-refractivity contribution in [3.8, 4) is 0 Å². The predicted molar refractivity (Wildman–Crippen MR) is 49.2 cm³/mol. The average Bonchev–Trinajstić information content (AvgIpc) is 2.34. The van der Waals surface area contributed by atoms with E-state index in [1.807, 2.05) is 0 Å². The fourth-order valence-corrected chi connectivity index (χ4v) is 1.07. The molecule has 0 aromatic carbocycles. The molecule has 6 heteroatoms. The summed E-state index contributed by atoms with van der Waals surface area (Å²) in [5.74, 6) is -0.683. The lowest BCUT2D eigenvalue weighted by Crippen LogP contribution is -2.48. The van der Waals surface area contributed by atoms with Crippen molar-refractivity contribution in [2.45, 2.75) is 24.1 Å². The lowest BCUT2D eigenvalue weighted by molar-refractivity contribution is -0.138. The third-order valence-electron chi connectivity index (χ3n) is 1.71. The summed E-state index contributed by atoms with van der Waals surface area (Å²) in [6, 6.07) is 0. The highest BCUT2D eigenvalue weighted by atomic mass is 35.5. The minimum Gasteiger partial charge on any atom is -0.273 e. The molecule has 0 aliphatic carbocycles. The number of hydrazine groups is 1. The van der Waals surface area contributed by atoms with E-state index in [4.69, 9.17) is 23.2 Å².